The summed E-state index contributed by atoms with van der Waals surface area (Å²) in [5.74, 6) is 0.0878. The van der Waals surface area contributed by atoms with Crippen LogP contribution in [0.2, 0.25) is 0 Å². The van der Waals surface area contributed by atoms with Crippen LogP contribution in [0.4, 0.5) is 4.79 Å². The smallest absolute Gasteiger partial charge is 0.315 e. The maximum atomic E-state index is 13.2. The van der Waals surface area contributed by atoms with Gasteiger partial charge in [-0.25, -0.2) is 4.79 Å². The van der Waals surface area contributed by atoms with E-state index in [0.29, 0.717) is 12.6 Å². The van der Waals surface area contributed by atoms with Crippen LogP contribution in [-0.2, 0) is 11.3 Å². The van der Waals surface area contributed by atoms with Gasteiger partial charge in [0.25, 0.3) is 0 Å². The first-order chi connectivity index (χ1) is 12.6. The van der Waals surface area contributed by atoms with Crippen molar-refractivity contribution in [2.45, 2.75) is 56.7 Å². The van der Waals surface area contributed by atoms with Crippen LogP contribution in [0, 0.1) is 0 Å². The molecule has 0 radical (unpaired) electrons. The van der Waals surface area contributed by atoms with Gasteiger partial charge >= 0.3 is 6.03 Å². The first-order valence-electron chi connectivity index (χ1n) is 9.69. The molecule has 1 aliphatic carbocycles. The zero-order valence-corrected chi connectivity index (χ0v) is 16.8. The minimum atomic E-state index is -0.740. The molecule has 3 rings (SSSR count). The zero-order valence-electron chi connectivity index (χ0n) is 16.0. The normalized spacial score (nSPS) is 21.2. The Balaban J connectivity index is 0.00000261. The fourth-order valence-corrected chi connectivity index (χ4v) is 4.11. The fourth-order valence-electron chi connectivity index (χ4n) is 4.11. The second-order valence-electron chi connectivity index (χ2n) is 7.46. The van der Waals surface area contributed by atoms with Crippen LogP contribution in [0.5, 0.6) is 0 Å². The van der Waals surface area contributed by atoms with E-state index in [1.165, 1.54) is 0 Å². The van der Waals surface area contributed by atoms with Gasteiger partial charge in [0.15, 0.2) is 0 Å². The van der Waals surface area contributed by atoms with Gasteiger partial charge in [-0.2, -0.15) is 0 Å². The van der Waals surface area contributed by atoms with Gasteiger partial charge in [0.1, 0.15) is 5.54 Å². The van der Waals surface area contributed by atoms with Crippen molar-refractivity contribution in [1.82, 2.24) is 20.9 Å². The molecule has 1 unspecified atom stereocenters. The number of likely N-dealkylation sites (N-methyl/N-ethyl adjacent to an activating group) is 1. The molecular weight excluding hydrogens is 364 g/mol. The van der Waals surface area contributed by atoms with Gasteiger partial charge in [-0.15, -0.1) is 12.4 Å². The summed E-state index contributed by atoms with van der Waals surface area (Å²) >= 11 is 0. The number of nitrogens with one attached hydrogen (secondary N) is 3. The number of benzene rings is 1. The maximum absolute atomic E-state index is 13.2. The Morgan fingerprint density at radius 2 is 1.85 bits per heavy atom. The molecule has 1 aliphatic heterocycles. The standard InChI is InChI=1S/C20H30N4O2.ClH/c1-21-17-10-7-13-24(15-17)18(25)20(11-5-6-12-20)23-19(26)22-14-16-8-3-2-4-9-16;/h2-4,8-9,17,21H,5-7,10-15H2,1H3,(H2,22,23,26);1H. The summed E-state index contributed by atoms with van der Waals surface area (Å²) in [6.07, 6.45) is 5.52. The van der Waals surface area contributed by atoms with E-state index in [0.717, 1.165) is 57.2 Å². The van der Waals surface area contributed by atoms with Crippen LogP contribution in [0.15, 0.2) is 30.3 Å². The van der Waals surface area contributed by atoms with E-state index < -0.39 is 5.54 Å². The molecule has 0 spiro atoms. The number of halogens is 1. The predicted molar refractivity (Wildman–Crippen MR) is 109 cm³/mol. The molecule has 150 valence electrons. The summed E-state index contributed by atoms with van der Waals surface area (Å²) in [6, 6.07) is 9.89. The summed E-state index contributed by atoms with van der Waals surface area (Å²) in [4.78, 5) is 27.7. The molecule has 1 aromatic rings. The summed E-state index contributed by atoms with van der Waals surface area (Å²) < 4.78 is 0. The van der Waals surface area contributed by atoms with Crippen LogP contribution in [-0.4, -0.2) is 48.6 Å². The van der Waals surface area contributed by atoms with Crippen molar-refractivity contribution < 1.29 is 9.59 Å². The molecule has 0 bridgehead atoms. The van der Waals surface area contributed by atoms with E-state index in [9.17, 15) is 9.59 Å². The van der Waals surface area contributed by atoms with Gasteiger partial charge in [0.05, 0.1) is 0 Å². The van der Waals surface area contributed by atoms with Gasteiger partial charge in [-0.1, -0.05) is 43.2 Å². The van der Waals surface area contributed by atoms with E-state index >= 15 is 0 Å². The van der Waals surface area contributed by atoms with Crippen LogP contribution in [0.25, 0.3) is 0 Å². The third-order valence-corrected chi connectivity index (χ3v) is 5.63. The summed E-state index contributed by atoms with van der Waals surface area (Å²) in [6.45, 7) is 1.97. The number of amides is 3. The molecule has 1 saturated carbocycles. The lowest BCUT2D eigenvalue weighted by Gasteiger charge is -2.39. The quantitative estimate of drug-likeness (QED) is 0.718. The Bertz CT molecular complexity index is 620. The third kappa shape index (κ3) is 5.36. The first kappa shape index (κ1) is 21.5. The Labute approximate surface area is 167 Å². The van der Waals surface area contributed by atoms with Crippen molar-refractivity contribution in [2.24, 2.45) is 0 Å². The van der Waals surface area contributed by atoms with E-state index in [4.69, 9.17) is 0 Å². The molecule has 1 saturated heterocycles. The minimum Gasteiger partial charge on any atom is -0.339 e. The molecule has 7 heteroatoms. The zero-order chi connectivity index (χ0) is 18.4. The maximum Gasteiger partial charge on any atom is 0.315 e. The lowest BCUT2D eigenvalue weighted by Crippen LogP contribution is -2.62. The molecule has 6 nitrogen and oxygen atoms in total. The van der Waals surface area contributed by atoms with E-state index in [-0.39, 0.29) is 24.3 Å². The number of hydrogen-bond donors (Lipinski definition) is 3. The monoisotopic (exact) mass is 394 g/mol. The van der Waals surface area contributed by atoms with Crippen molar-refractivity contribution in [3.05, 3.63) is 35.9 Å². The Kier molecular flexibility index (Phi) is 7.92. The van der Waals surface area contributed by atoms with Crippen LogP contribution in [0.1, 0.15) is 44.1 Å². The van der Waals surface area contributed by atoms with Gasteiger partial charge in [0.2, 0.25) is 5.91 Å². The Hall–Kier alpha value is -1.79. The molecule has 3 N–H and O–H groups in total. The molecule has 3 amide bonds. The van der Waals surface area contributed by atoms with Gasteiger partial charge in [0, 0.05) is 25.7 Å². The highest BCUT2D eigenvalue weighted by Gasteiger charge is 2.45. The van der Waals surface area contributed by atoms with E-state index in [1.54, 1.807) is 0 Å². The molecule has 1 atom stereocenters. The first-order valence-corrected chi connectivity index (χ1v) is 9.69. The predicted octanol–water partition coefficient (Wildman–Crippen LogP) is 2.43. The highest BCUT2D eigenvalue weighted by Crippen LogP contribution is 2.32. The van der Waals surface area contributed by atoms with Crippen LogP contribution >= 0.6 is 12.4 Å². The number of urea groups is 1. The average molecular weight is 395 g/mol. The molecule has 2 fully saturated rings. The van der Waals surface area contributed by atoms with Crippen molar-refractivity contribution in [2.75, 3.05) is 20.1 Å². The highest BCUT2D eigenvalue weighted by molar-refractivity contribution is 5.91. The summed E-state index contributed by atoms with van der Waals surface area (Å²) in [5.41, 5.74) is 0.304. The topological polar surface area (TPSA) is 73.5 Å². The number of nitrogens with zero attached hydrogens (tertiary/aromatic N) is 1. The number of rotatable bonds is 5. The summed E-state index contributed by atoms with van der Waals surface area (Å²) in [7, 11) is 1.94. The van der Waals surface area contributed by atoms with Gasteiger partial charge in [-0.3, -0.25) is 4.79 Å². The molecule has 1 aromatic carbocycles. The van der Waals surface area contributed by atoms with Crippen molar-refractivity contribution in [1.29, 1.82) is 0 Å². The fraction of sp³-hybridized carbons (Fsp3) is 0.600. The van der Waals surface area contributed by atoms with Crippen molar-refractivity contribution in [3.63, 3.8) is 0 Å². The number of piperidine rings is 1. The largest absolute Gasteiger partial charge is 0.339 e. The second kappa shape index (κ2) is 9.95. The van der Waals surface area contributed by atoms with Gasteiger partial charge < -0.3 is 20.9 Å². The Morgan fingerprint density at radius 1 is 1.15 bits per heavy atom. The van der Waals surface area contributed by atoms with E-state index in [1.807, 2.05) is 42.3 Å². The minimum absolute atomic E-state index is 0. The van der Waals surface area contributed by atoms with Crippen LogP contribution in [0.3, 0.4) is 0 Å². The number of carbonyl (C=O) groups is 2. The summed E-state index contributed by atoms with van der Waals surface area (Å²) in [5, 5.41) is 9.20. The molecule has 27 heavy (non-hydrogen) atoms. The lowest BCUT2D eigenvalue weighted by molar-refractivity contribution is -0.139. The van der Waals surface area contributed by atoms with Gasteiger partial charge in [-0.05, 0) is 38.3 Å². The molecule has 0 aromatic heterocycles. The van der Waals surface area contributed by atoms with E-state index in [2.05, 4.69) is 16.0 Å². The lowest BCUT2D eigenvalue weighted by atomic mass is 9.93. The average Bonchev–Trinajstić information content (AvgIpc) is 3.16. The third-order valence-electron chi connectivity index (χ3n) is 5.63. The number of carbonyl (C=O) groups excluding carboxylic acids is 2. The molecule has 2 aliphatic rings. The van der Waals surface area contributed by atoms with Crippen molar-refractivity contribution >= 4 is 24.3 Å². The number of hydrogen-bond acceptors (Lipinski definition) is 3. The SMILES string of the molecule is CNC1CCCN(C(=O)C2(NC(=O)NCc3ccccc3)CCCC2)C1.Cl. The molecule has 1 heterocycles. The van der Waals surface area contributed by atoms with Crippen LogP contribution < -0.4 is 16.0 Å². The number of likely N-dealkylation sites (tertiary alicyclic amines) is 1. The molecular formula is C20H31ClN4O2. The highest BCUT2D eigenvalue weighted by atomic mass is 35.5. The second-order valence-corrected chi connectivity index (χ2v) is 7.46. The Morgan fingerprint density at radius 3 is 2.52 bits per heavy atom. The van der Waals surface area contributed by atoms with Crippen molar-refractivity contribution in [3.8, 4) is 0 Å².